The summed E-state index contributed by atoms with van der Waals surface area (Å²) in [5, 5.41) is 23.1. The average Bonchev–Trinajstić information content (AvgIpc) is 3.11. The van der Waals surface area contributed by atoms with E-state index in [9.17, 15) is 19.8 Å². The van der Waals surface area contributed by atoms with Crippen molar-refractivity contribution in [1.82, 2.24) is 0 Å². The van der Waals surface area contributed by atoms with Crippen LogP contribution in [0, 0.1) is 46.3 Å². The van der Waals surface area contributed by atoms with Crippen molar-refractivity contribution in [2.45, 2.75) is 104 Å². The van der Waals surface area contributed by atoms with E-state index in [2.05, 4.69) is 20.8 Å². The number of ether oxygens (including phenoxy) is 2. The predicted molar refractivity (Wildman–Crippen MR) is 124 cm³/mol. The molecule has 2 N–H and O–H groups in total. The van der Waals surface area contributed by atoms with E-state index in [4.69, 9.17) is 9.47 Å². The van der Waals surface area contributed by atoms with Crippen LogP contribution in [0.1, 0.15) is 85.5 Å². The van der Waals surface area contributed by atoms with E-state index >= 15 is 0 Å². The van der Waals surface area contributed by atoms with Crippen LogP contribution in [0.4, 0.5) is 0 Å². The maximum atomic E-state index is 11.7. The summed E-state index contributed by atoms with van der Waals surface area (Å²) in [5.41, 5.74) is -0.159. The van der Waals surface area contributed by atoms with Gasteiger partial charge in [-0.25, -0.2) is 0 Å². The molecule has 0 spiro atoms. The Kier molecular flexibility index (Phi) is 6.92. The summed E-state index contributed by atoms with van der Waals surface area (Å²) >= 11 is 0. The molecule has 4 aliphatic rings. The van der Waals surface area contributed by atoms with Gasteiger partial charge in [-0.1, -0.05) is 20.8 Å². The number of hydrogen-bond donors (Lipinski definition) is 2. The van der Waals surface area contributed by atoms with Gasteiger partial charge in [-0.3, -0.25) is 9.59 Å². The monoisotopic (exact) mass is 464 g/mol. The average molecular weight is 465 g/mol. The predicted octanol–water partition coefficient (Wildman–Crippen LogP) is 4.11. The molecule has 4 fully saturated rings. The van der Waals surface area contributed by atoms with Gasteiger partial charge >= 0.3 is 11.9 Å². The molecular formula is C27H44O6. The lowest BCUT2D eigenvalue weighted by atomic mass is 9.43. The van der Waals surface area contributed by atoms with Crippen LogP contribution < -0.4 is 0 Å². The molecule has 6 nitrogen and oxygen atoms in total. The minimum absolute atomic E-state index is 0.0466. The van der Waals surface area contributed by atoms with Crippen molar-refractivity contribution in [2.24, 2.45) is 46.3 Å². The van der Waals surface area contributed by atoms with Crippen LogP contribution in [-0.2, 0) is 19.1 Å². The van der Waals surface area contributed by atoms with Gasteiger partial charge in [0.1, 0.15) is 6.10 Å². The van der Waals surface area contributed by atoms with Crippen molar-refractivity contribution < 1.29 is 29.3 Å². The second kappa shape index (κ2) is 9.14. The molecule has 0 bridgehead atoms. The Hall–Kier alpha value is -1.14. The lowest BCUT2D eigenvalue weighted by molar-refractivity contribution is -0.209. The highest BCUT2D eigenvalue weighted by atomic mass is 16.5. The minimum atomic E-state index is -0.397. The first-order valence-electron chi connectivity index (χ1n) is 13.1. The van der Waals surface area contributed by atoms with Gasteiger partial charge in [0.15, 0.2) is 0 Å². The molecule has 0 saturated heterocycles. The summed E-state index contributed by atoms with van der Waals surface area (Å²) < 4.78 is 10.4. The molecule has 0 aromatic carbocycles. The highest BCUT2D eigenvalue weighted by Crippen LogP contribution is 2.68. The Bertz CT molecular complexity index is 753. The molecule has 4 rings (SSSR count). The number of carbonyl (C=O) groups excluding carboxylic acids is 2. The van der Waals surface area contributed by atoms with E-state index < -0.39 is 6.10 Å². The van der Waals surface area contributed by atoms with E-state index in [-0.39, 0.29) is 40.9 Å². The molecule has 4 aliphatic carbocycles. The van der Waals surface area contributed by atoms with E-state index in [1.54, 1.807) is 0 Å². The summed E-state index contributed by atoms with van der Waals surface area (Å²) in [7, 11) is 1.43. The second-order valence-electron chi connectivity index (χ2n) is 12.2. The number of esters is 2. The zero-order valence-corrected chi connectivity index (χ0v) is 21.1. The van der Waals surface area contributed by atoms with Crippen molar-refractivity contribution in [3.05, 3.63) is 0 Å². The zero-order valence-electron chi connectivity index (χ0n) is 21.1. The van der Waals surface area contributed by atoms with Crippen LogP contribution >= 0.6 is 0 Å². The molecule has 11 atom stereocenters. The number of rotatable bonds is 5. The van der Waals surface area contributed by atoms with E-state index in [0.29, 0.717) is 36.0 Å². The fraction of sp³-hybridized carbons (Fsp3) is 0.926. The van der Waals surface area contributed by atoms with E-state index in [0.717, 1.165) is 51.4 Å². The largest absolute Gasteiger partial charge is 0.469 e. The van der Waals surface area contributed by atoms with Crippen LogP contribution in [0.2, 0.25) is 0 Å². The summed E-state index contributed by atoms with van der Waals surface area (Å²) in [4.78, 5) is 23.2. The third kappa shape index (κ3) is 4.13. The zero-order chi connectivity index (χ0) is 24.1. The first-order valence-corrected chi connectivity index (χ1v) is 13.1. The van der Waals surface area contributed by atoms with Crippen molar-refractivity contribution in [1.29, 1.82) is 0 Å². The molecule has 4 saturated carbocycles. The third-order valence-electron chi connectivity index (χ3n) is 10.9. The van der Waals surface area contributed by atoms with Crippen LogP contribution in [0.25, 0.3) is 0 Å². The Labute approximate surface area is 198 Å². The quantitative estimate of drug-likeness (QED) is 0.595. The van der Waals surface area contributed by atoms with Crippen molar-refractivity contribution >= 4 is 11.9 Å². The molecule has 33 heavy (non-hydrogen) atoms. The third-order valence-corrected chi connectivity index (χ3v) is 10.9. The Morgan fingerprint density at radius 2 is 1.79 bits per heavy atom. The lowest BCUT2D eigenvalue weighted by Crippen LogP contribution is -2.62. The molecule has 6 heteroatoms. The van der Waals surface area contributed by atoms with Gasteiger partial charge in [0, 0.05) is 13.3 Å². The van der Waals surface area contributed by atoms with Gasteiger partial charge in [-0.05, 0) is 97.7 Å². The smallest absolute Gasteiger partial charge is 0.305 e. The standard InChI is InChI=1S/C27H44O6/c1-15(6-9-24(31)32-5)19-7-8-20-25-21(14-23(30)27(19,20)4)26(3)11-10-18(33-16(2)28)12-17(26)13-22(25)29/h15,17-23,25,29-30H,6-14H2,1-5H3/t15-,17+,18-,19?,20+,21+,22-,23+,25+,26+,27-/m1/s1. The molecule has 0 radical (unpaired) electrons. The van der Waals surface area contributed by atoms with Crippen LogP contribution in [0.15, 0.2) is 0 Å². The molecule has 188 valence electrons. The van der Waals surface area contributed by atoms with Crippen molar-refractivity contribution in [2.75, 3.05) is 7.11 Å². The molecule has 1 unspecified atom stereocenters. The minimum Gasteiger partial charge on any atom is -0.469 e. The molecule has 0 aromatic rings. The Balaban J connectivity index is 1.54. The number of fused-ring (bicyclic) bond motifs is 5. The van der Waals surface area contributed by atoms with Gasteiger partial charge < -0.3 is 19.7 Å². The van der Waals surface area contributed by atoms with Crippen molar-refractivity contribution in [3.63, 3.8) is 0 Å². The van der Waals surface area contributed by atoms with E-state index in [1.807, 2.05) is 0 Å². The maximum Gasteiger partial charge on any atom is 0.305 e. The molecule has 0 aromatic heterocycles. The number of aliphatic hydroxyl groups is 2. The van der Waals surface area contributed by atoms with Gasteiger partial charge in [-0.2, -0.15) is 0 Å². The van der Waals surface area contributed by atoms with Gasteiger partial charge in [0.25, 0.3) is 0 Å². The SMILES string of the molecule is COC(=O)CC[C@@H](C)C1CC[C@H]2[C@@H]3[C@H](O)C[C@@H]4C[C@H](OC(C)=O)CC[C@]4(C)[C@H]3C[C@H](O)[C@]12C. The molecule has 0 heterocycles. The number of carbonyl (C=O) groups is 2. The fourth-order valence-electron chi connectivity index (χ4n) is 9.11. The maximum absolute atomic E-state index is 11.7. The normalized spacial score (nSPS) is 47.6. The fourth-order valence-corrected chi connectivity index (χ4v) is 9.11. The second-order valence-corrected chi connectivity index (χ2v) is 12.2. The van der Waals surface area contributed by atoms with Crippen molar-refractivity contribution in [3.8, 4) is 0 Å². The van der Waals surface area contributed by atoms with Crippen LogP contribution in [0.3, 0.4) is 0 Å². The Morgan fingerprint density at radius 3 is 2.45 bits per heavy atom. The molecule has 0 aliphatic heterocycles. The molecular weight excluding hydrogens is 420 g/mol. The number of hydrogen-bond acceptors (Lipinski definition) is 6. The van der Waals surface area contributed by atoms with E-state index in [1.165, 1.54) is 14.0 Å². The van der Waals surface area contributed by atoms with Gasteiger partial charge in [0.2, 0.25) is 0 Å². The first kappa shape index (κ1) is 25.0. The highest BCUT2D eigenvalue weighted by Gasteiger charge is 2.65. The highest BCUT2D eigenvalue weighted by molar-refractivity contribution is 5.69. The van der Waals surface area contributed by atoms with Gasteiger partial charge in [0.05, 0.1) is 19.3 Å². The number of aliphatic hydroxyl groups excluding tert-OH is 2. The number of methoxy groups -OCH3 is 1. The van der Waals surface area contributed by atoms with Crippen LogP contribution in [0.5, 0.6) is 0 Å². The topological polar surface area (TPSA) is 93.1 Å². The summed E-state index contributed by atoms with van der Waals surface area (Å²) in [5.74, 6) is 1.41. The first-order chi connectivity index (χ1) is 15.5. The lowest BCUT2D eigenvalue weighted by Gasteiger charge is -2.63. The summed E-state index contributed by atoms with van der Waals surface area (Å²) in [6.45, 7) is 8.31. The summed E-state index contributed by atoms with van der Waals surface area (Å²) in [6, 6.07) is 0. The van der Waals surface area contributed by atoms with Gasteiger partial charge in [-0.15, -0.1) is 0 Å². The van der Waals surface area contributed by atoms with Crippen LogP contribution in [-0.4, -0.2) is 47.6 Å². The Morgan fingerprint density at radius 1 is 1.06 bits per heavy atom. The molecule has 0 amide bonds. The summed E-state index contributed by atoms with van der Waals surface area (Å²) in [6.07, 6.45) is 6.65.